The first-order chi connectivity index (χ1) is 12.7. The van der Waals surface area contributed by atoms with Crippen molar-refractivity contribution in [2.24, 2.45) is 0 Å². The molecule has 26 heavy (non-hydrogen) atoms. The van der Waals surface area contributed by atoms with Crippen LogP contribution in [0.25, 0.3) is 11.6 Å². The van der Waals surface area contributed by atoms with Gasteiger partial charge in [-0.1, -0.05) is 26.0 Å². The first-order valence-corrected chi connectivity index (χ1v) is 9.37. The van der Waals surface area contributed by atoms with Crippen molar-refractivity contribution in [1.29, 1.82) is 0 Å². The van der Waals surface area contributed by atoms with E-state index < -0.39 is 0 Å². The highest BCUT2D eigenvalue weighted by Gasteiger charge is 2.26. The van der Waals surface area contributed by atoms with E-state index in [2.05, 4.69) is 30.9 Å². The van der Waals surface area contributed by atoms with Crippen LogP contribution in [0.15, 0.2) is 36.4 Å². The molecule has 0 bridgehead atoms. The molecule has 0 aromatic heterocycles. The van der Waals surface area contributed by atoms with Gasteiger partial charge in [-0.25, -0.2) is 0 Å². The number of hydrogen-bond acceptors (Lipinski definition) is 4. The van der Waals surface area contributed by atoms with Crippen molar-refractivity contribution in [1.82, 2.24) is 4.90 Å². The van der Waals surface area contributed by atoms with Crippen LogP contribution in [0.3, 0.4) is 0 Å². The van der Waals surface area contributed by atoms with E-state index in [4.69, 9.17) is 9.47 Å². The van der Waals surface area contributed by atoms with Gasteiger partial charge in [0.25, 0.3) is 0 Å². The predicted molar refractivity (Wildman–Crippen MR) is 103 cm³/mol. The SMILES string of the molecule is CCCN1COc2cc3c(cc2C1)C=C(c1ccc(O)cc1)C(CC)O3. The predicted octanol–water partition coefficient (Wildman–Crippen LogP) is 4.67. The number of benzene rings is 2. The second-order valence-corrected chi connectivity index (χ2v) is 6.99. The summed E-state index contributed by atoms with van der Waals surface area (Å²) in [6.45, 7) is 6.91. The molecule has 4 rings (SSSR count). The van der Waals surface area contributed by atoms with E-state index >= 15 is 0 Å². The maximum absolute atomic E-state index is 9.57. The van der Waals surface area contributed by atoms with Gasteiger partial charge < -0.3 is 14.6 Å². The quantitative estimate of drug-likeness (QED) is 0.869. The van der Waals surface area contributed by atoms with Crippen LogP contribution in [-0.2, 0) is 6.54 Å². The first kappa shape index (κ1) is 17.0. The van der Waals surface area contributed by atoms with E-state index in [1.165, 1.54) is 5.56 Å². The molecule has 1 unspecified atom stereocenters. The zero-order valence-electron chi connectivity index (χ0n) is 15.4. The van der Waals surface area contributed by atoms with Crippen molar-refractivity contribution in [3.63, 3.8) is 0 Å². The molecule has 0 amide bonds. The highest BCUT2D eigenvalue weighted by molar-refractivity contribution is 5.87. The summed E-state index contributed by atoms with van der Waals surface area (Å²) in [5, 5.41) is 9.57. The zero-order valence-corrected chi connectivity index (χ0v) is 15.4. The Hall–Kier alpha value is -2.46. The molecule has 0 spiro atoms. The lowest BCUT2D eigenvalue weighted by atomic mass is 9.92. The van der Waals surface area contributed by atoms with E-state index in [9.17, 15) is 5.11 Å². The molecule has 0 radical (unpaired) electrons. The third-order valence-electron chi connectivity index (χ3n) is 5.03. The zero-order chi connectivity index (χ0) is 18.1. The number of fused-ring (bicyclic) bond motifs is 2. The number of aromatic hydroxyl groups is 1. The molecule has 4 nitrogen and oxygen atoms in total. The van der Waals surface area contributed by atoms with Crippen LogP contribution in [0.2, 0.25) is 0 Å². The molecule has 2 aliphatic rings. The number of phenols is 1. The summed E-state index contributed by atoms with van der Waals surface area (Å²) in [6.07, 6.45) is 4.23. The van der Waals surface area contributed by atoms with Crippen LogP contribution in [0.1, 0.15) is 43.4 Å². The van der Waals surface area contributed by atoms with Crippen molar-refractivity contribution in [2.75, 3.05) is 13.3 Å². The Kier molecular flexibility index (Phi) is 4.60. The van der Waals surface area contributed by atoms with Gasteiger partial charge in [-0.2, -0.15) is 0 Å². The summed E-state index contributed by atoms with van der Waals surface area (Å²) in [6, 6.07) is 11.6. The maximum atomic E-state index is 9.57. The van der Waals surface area contributed by atoms with Crippen LogP contribution >= 0.6 is 0 Å². The van der Waals surface area contributed by atoms with Crippen molar-refractivity contribution < 1.29 is 14.6 Å². The summed E-state index contributed by atoms with van der Waals surface area (Å²) in [5.41, 5.74) is 4.55. The summed E-state index contributed by atoms with van der Waals surface area (Å²) in [4.78, 5) is 2.32. The highest BCUT2D eigenvalue weighted by atomic mass is 16.5. The second kappa shape index (κ2) is 7.04. The average Bonchev–Trinajstić information content (AvgIpc) is 2.66. The minimum absolute atomic E-state index is 0.00488. The van der Waals surface area contributed by atoms with Gasteiger partial charge in [0, 0.05) is 35.9 Å². The molecular formula is C22H25NO3. The summed E-state index contributed by atoms with van der Waals surface area (Å²) >= 11 is 0. The summed E-state index contributed by atoms with van der Waals surface area (Å²) < 4.78 is 12.2. The Morgan fingerprint density at radius 2 is 1.92 bits per heavy atom. The van der Waals surface area contributed by atoms with Gasteiger partial charge in [-0.3, -0.25) is 4.90 Å². The highest BCUT2D eigenvalue weighted by Crippen LogP contribution is 2.40. The topological polar surface area (TPSA) is 41.9 Å². The van der Waals surface area contributed by atoms with Crippen LogP contribution in [0, 0.1) is 0 Å². The molecule has 1 N–H and O–H groups in total. The third-order valence-corrected chi connectivity index (χ3v) is 5.03. The largest absolute Gasteiger partial charge is 0.508 e. The van der Waals surface area contributed by atoms with Crippen LogP contribution < -0.4 is 9.47 Å². The van der Waals surface area contributed by atoms with Crippen molar-refractivity contribution in [3.8, 4) is 17.2 Å². The van der Waals surface area contributed by atoms with Gasteiger partial charge >= 0.3 is 0 Å². The smallest absolute Gasteiger partial charge is 0.142 e. The lowest BCUT2D eigenvalue weighted by Crippen LogP contribution is -2.32. The Labute approximate surface area is 154 Å². The van der Waals surface area contributed by atoms with Crippen molar-refractivity contribution in [3.05, 3.63) is 53.1 Å². The Bertz CT molecular complexity index is 826. The molecule has 2 aromatic rings. The monoisotopic (exact) mass is 351 g/mol. The molecule has 2 aliphatic heterocycles. The Morgan fingerprint density at radius 3 is 2.65 bits per heavy atom. The van der Waals surface area contributed by atoms with Gasteiger partial charge in [0.2, 0.25) is 0 Å². The lowest BCUT2D eigenvalue weighted by molar-refractivity contribution is 0.0948. The minimum atomic E-state index is 0.00488. The molecular weight excluding hydrogens is 326 g/mol. The van der Waals surface area contributed by atoms with Gasteiger partial charge in [0.05, 0.1) is 0 Å². The second-order valence-electron chi connectivity index (χ2n) is 6.99. The fourth-order valence-electron chi connectivity index (χ4n) is 3.71. The molecule has 2 aromatic carbocycles. The van der Waals surface area contributed by atoms with E-state index in [0.717, 1.165) is 54.1 Å². The fourth-order valence-corrected chi connectivity index (χ4v) is 3.71. The van der Waals surface area contributed by atoms with Crippen LogP contribution in [-0.4, -0.2) is 29.4 Å². The Balaban J connectivity index is 1.71. The number of nitrogens with zero attached hydrogens (tertiary/aromatic N) is 1. The average molecular weight is 351 g/mol. The number of rotatable bonds is 4. The fraction of sp³-hybridized carbons (Fsp3) is 0.364. The standard InChI is InChI=1S/C22H25NO3/c1-3-9-23-13-17-10-16-11-19(15-5-7-18(24)8-6-15)20(4-2)26-22(16)12-21(17)25-14-23/h5-8,10-12,20,24H,3-4,9,13-14H2,1-2H3. The number of phenolic OH excluding ortho intramolecular Hbond substituents is 1. The van der Waals surface area contributed by atoms with Gasteiger partial charge in [0.1, 0.15) is 30.1 Å². The first-order valence-electron chi connectivity index (χ1n) is 9.37. The van der Waals surface area contributed by atoms with E-state index in [-0.39, 0.29) is 11.9 Å². The maximum Gasteiger partial charge on any atom is 0.142 e. The van der Waals surface area contributed by atoms with Crippen LogP contribution in [0.4, 0.5) is 0 Å². The molecule has 0 fully saturated rings. The van der Waals surface area contributed by atoms with Gasteiger partial charge in [0.15, 0.2) is 0 Å². The molecule has 2 heterocycles. The van der Waals surface area contributed by atoms with E-state index in [1.54, 1.807) is 12.1 Å². The molecule has 0 saturated carbocycles. The van der Waals surface area contributed by atoms with Gasteiger partial charge in [-0.05, 0) is 42.7 Å². The van der Waals surface area contributed by atoms with Crippen molar-refractivity contribution >= 4 is 11.6 Å². The van der Waals surface area contributed by atoms with E-state index in [0.29, 0.717) is 6.73 Å². The molecule has 4 heteroatoms. The minimum Gasteiger partial charge on any atom is -0.508 e. The summed E-state index contributed by atoms with van der Waals surface area (Å²) in [5.74, 6) is 2.11. The van der Waals surface area contributed by atoms with Crippen LogP contribution in [0.5, 0.6) is 17.2 Å². The van der Waals surface area contributed by atoms with Gasteiger partial charge in [-0.15, -0.1) is 0 Å². The lowest BCUT2D eigenvalue weighted by Gasteiger charge is -2.32. The third kappa shape index (κ3) is 3.17. The molecule has 0 aliphatic carbocycles. The van der Waals surface area contributed by atoms with E-state index in [1.807, 2.05) is 18.2 Å². The van der Waals surface area contributed by atoms with Crippen molar-refractivity contribution in [2.45, 2.75) is 39.3 Å². The molecule has 1 atom stereocenters. The number of hydrogen-bond donors (Lipinski definition) is 1. The molecule has 136 valence electrons. The number of ether oxygens (including phenoxy) is 2. The molecule has 0 saturated heterocycles. The Morgan fingerprint density at radius 1 is 1.12 bits per heavy atom. The summed E-state index contributed by atoms with van der Waals surface area (Å²) in [7, 11) is 0. The normalized spacial score (nSPS) is 19.0.